The Hall–Kier alpha value is -1.13. The van der Waals surface area contributed by atoms with Crippen LogP contribution in [-0.4, -0.2) is 11.7 Å². The third-order valence-electron chi connectivity index (χ3n) is 1.58. The molecule has 0 amide bonds. The van der Waals surface area contributed by atoms with Gasteiger partial charge in [0, 0.05) is 6.54 Å². The fourth-order valence-electron chi connectivity index (χ4n) is 0.956. The Balaban J connectivity index is 2.19. The molecule has 0 heterocycles. The van der Waals surface area contributed by atoms with Crippen LogP contribution < -0.4 is 10.8 Å². The van der Waals surface area contributed by atoms with Crippen LogP contribution in [0.15, 0.2) is 30.3 Å². The van der Waals surface area contributed by atoms with Crippen molar-refractivity contribution in [3.05, 3.63) is 35.9 Å². The summed E-state index contributed by atoms with van der Waals surface area (Å²) in [5.41, 5.74) is 3.76. The Morgan fingerprint density at radius 2 is 2.07 bits per heavy atom. The third-order valence-corrected chi connectivity index (χ3v) is 1.81. The number of hydroxylamine groups is 1. The average molecular weight is 210 g/mol. The molecule has 1 aromatic carbocycles. The molecule has 0 fully saturated rings. The number of hydrogen-bond acceptors (Lipinski definition) is 2. The second-order valence-corrected chi connectivity index (χ2v) is 3.14. The monoisotopic (exact) mass is 210 g/mol. The van der Waals surface area contributed by atoms with E-state index in [0.717, 1.165) is 12.1 Å². The second kappa shape index (κ2) is 6.34. The van der Waals surface area contributed by atoms with E-state index >= 15 is 0 Å². The zero-order valence-corrected chi connectivity index (χ0v) is 8.93. The van der Waals surface area contributed by atoms with E-state index < -0.39 is 0 Å². The predicted molar refractivity (Wildman–Crippen MR) is 60.6 cm³/mol. The van der Waals surface area contributed by atoms with E-state index in [0.29, 0.717) is 11.7 Å². The number of rotatable bonds is 4. The van der Waals surface area contributed by atoms with E-state index in [2.05, 4.69) is 10.8 Å². The van der Waals surface area contributed by atoms with E-state index in [1.165, 1.54) is 0 Å². The minimum Gasteiger partial charge on any atom is -0.361 e. The predicted octanol–water partition coefficient (Wildman–Crippen LogP) is 1.60. The van der Waals surface area contributed by atoms with Crippen molar-refractivity contribution in [1.82, 2.24) is 10.8 Å². The van der Waals surface area contributed by atoms with Gasteiger partial charge < -0.3 is 5.32 Å². The summed E-state index contributed by atoms with van der Waals surface area (Å²) in [6.07, 6.45) is 0. The van der Waals surface area contributed by atoms with E-state index in [-0.39, 0.29) is 0 Å². The summed E-state index contributed by atoms with van der Waals surface area (Å²) in [4.78, 5) is 5.18. The molecule has 0 aliphatic heterocycles. The van der Waals surface area contributed by atoms with E-state index in [1.54, 1.807) is 0 Å². The maximum absolute atomic E-state index is 5.18. The van der Waals surface area contributed by atoms with Gasteiger partial charge in [-0.2, -0.15) is 0 Å². The number of thiocarbonyl (C=S) groups is 1. The molecule has 1 aromatic rings. The summed E-state index contributed by atoms with van der Waals surface area (Å²) >= 11 is 4.92. The summed E-state index contributed by atoms with van der Waals surface area (Å²) in [7, 11) is 0. The second-order valence-electron chi connectivity index (χ2n) is 2.74. The number of hydrogen-bond donors (Lipinski definition) is 2. The fraction of sp³-hybridized carbons (Fsp3) is 0.300. The molecule has 0 aliphatic rings. The largest absolute Gasteiger partial charge is 0.361 e. The Morgan fingerprint density at radius 1 is 1.36 bits per heavy atom. The zero-order chi connectivity index (χ0) is 10.2. The van der Waals surface area contributed by atoms with Crippen LogP contribution in [0.3, 0.4) is 0 Å². The summed E-state index contributed by atoms with van der Waals surface area (Å²) in [6, 6.07) is 9.92. The van der Waals surface area contributed by atoms with E-state index in [1.807, 2.05) is 37.3 Å². The van der Waals surface area contributed by atoms with Gasteiger partial charge in [-0.15, -0.1) is 0 Å². The van der Waals surface area contributed by atoms with Gasteiger partial charge in [0.25, 0.3) is 0 Å². The molecule has 4 heteroatoms. The highest BCUT2D eigenvalue weighted by Gasteiger charge is 1.93. The smallest absolute Gasteiger partial charge is 0.190 e. The lowest BCUT2D eigenvalue weighted by molar-refractivity contribution is 0.0707. The lowest BCUT2D eigenvalue weighted by Gasteiger charge is -2.08. The van der Waals surface area contributed by atoms with Crippen LogP contribution in [0.2, 0.25) is 0 Å². The molecule has 0 atom stereocenters. The zero-order valence-electron chi connectivity index (χ0n) is 8.12. The van der Waals surface area contributed by atoms with Gasteiger partial charge in [0.15, 0.2) is 5.11 Å². The highest BCUT2D eigenvalue weighted by molar-refractivity contribution is 7.80. The number of benzene rings is 1. The van der Waals surface area contributed by atoms with Gasteiger partial charge in [0.2, 0.25) is 0 Å². The van der Waals surface area contributed by atoms with Crippen LogP contribution in [0, 0.1) is 0 Å². The first-order valence-corrected chi connectivity index (χ1v) is 4.93. The van der Waals surface area contributed by atoms with Crippen LogP contribution in [-0.2, 0) is 11.4 Å². The van der Waals surface area contributed by atoms with Gasteiger partial charge in [-0.3, -0.25) is 4.84 Å². The lowest BCUT2D eigenvalue weighted by Crippen LogP contribution is -2.34. The Labute approximate surface area is 89.4 Å². The van der Waals surface area contributed by atoms with Crippen molar-refractivity contribution in [2.75, 3.05) is 6.54 Å². The highest BCUT2D eigenvalue weighted by Crippen LogP contribution is 1.98. The molecule has 3 nitrogen and oxygen atoms in total. The quantitative estimate of drug-likeness (QED) is 0.584. The minimum absolute atomic E-state index is 0.506. The van der Waals surface area contributed by atoms with Gasteiger partial charge in [-0.25, -0.2) is 5.48 Å². The fourth-order valence-corrected chi connectivity index (χ4v) is 1.16. The van der Waals surface area contributed by atoms with Crippen LogP contribution in [0.25, 0.3) is 0 Å². The van der Waals surface area contributed by atoms with Crippen LogP contribution in [0.4, 0.5) is 0 Å². The molecule has 76 valence electrons. The van der Waals surface area contributed by atoms with Crippen molar-refractivity contribution >= 4 is 17.3 Å². The molecule has 0 aliphatic carbocycles. The maximum Gasteiger partial charge on any atom is 0.190 e. The van der Waals surface area contributed by atoms with Gasteiger partial charge in [0.1, 0.15) is 0 Å². The van der Waals surface area contributed by atoms with Gasteiger partial charge in [0.05, 0.1) is 6.61 Å². The van der Waals surface area contributed by atoms with Crippen LogP contribution >= 0.6 is 12.2 Å². The molecule has 0 radical (unpaired) electrons. The SMILES string of the molecule is CCNC(=S)NOCc1ccccc1. The first-order chi connectivity index (χ1) is 6.83. The van der Waals surface area contributed by atoms with Crippen LogP contribution in [0.5, 0.6) is 0 Å². The van der Waals surface area contributed by atoms with Gasteiger partial charge >= 0.3 is 0 Å². The van der Waals surface area contributed by atoms with Crippen LogP contribution in [0.1, 0.15) is 12.5 Å². The lowest BCUT2D eigenvalue weighted by atomic mass is 10.2. The minimum atomic E-state index is 0.506. The molecular formula is C10H14N2OS. The number of nitrogens with one attached hydrogen (secondary N) is 2. The third kappa shape index (κ3) is 4.20. The van der Waals surface area contributed by atoms with Crippen molar-refractivity contribution in [3.8, 4) is 0 Å². The summed E-state index contributed by atoms with van der Waals surface area (Å²) in [5.74, 6) is 0. The highest BCUT2D eigenvalue weighted by atomic mass is 32.1. The first-order valence-electron chi connectivity index (χ1n) is 4.52. The van der Waals surface area contributed by atoms with Crippen molar-refractivity contribution < 1.29 is 4.84 Å². The first kappa shape index (κ1) is 10.9. The Bertz CT molecular complexity index is 277. The van der Waals surface area contributed by atoms with E-state index in [4.69, 9.17) is 17.1 Å². The standard InChI is InChI=1S/C10H14N2OS/c1-2-11-10(14)12-13-8-9-6-4-3-5-7-9/h3-7H,2,8H2,1H3,(H2,11,12,14). The van der Waals surface area contributed by atoms with E-state index in [9.17, 15) is 0 Å². The van der Waals surface area contributed by atoms with Gasteiger partial charge in [-0.05, 0) is 24.7 Å². The summed E-state index contributed by atoms with van der Waals surface area (Å²) < 4.78 is 0. The molecule has 0 saturated heterocycles. The Morgan fingerprint density at radius 3 is 2.71 bits per heavy atom. The summed E-state index contributed by atoms with van der Waals surface area (Å²) in [6.45, 7) is 3.28. The molecule has 0 saturated carbocycles. The molecular weight excluding hydrogens is 196 g/mol. The average Bonchev–Trinajstić information content (AvgIpc) is 2.20. The summed E-state index contributed by atoms with van der Waals surface area (Å²) in [5, 5.41) is 3.44. The molecule has 2 N–H and O–H groups in total. The topological polar surface area (TPSA) is 33.3 Å². The molecule has 14 heavy (non-hydrogen) atoms. The van der Waals surface area contributed by atoms with Crippen molar-refractivity contribution in [2.24, 2.45) is 0 Å². The van der Waals surface area contributed by atoms with Crippen molar-refractivity contribution in [2.45, 2.75) is 13.5 Å². The van der Waals surface area contributed by atoms with Crippen molar-refractivity contribution in [3.63, 3.8) is 0 Å². The maximum atomic E-state index is 5.18. The molecule has 0 bridgehead atoms. The molecule has 0 unspecified atom stereocenters. The Kier molecular flexibility index (Phi) is 4.96. The molecule has 0 aromatic heterocycles. The van der Waals surface area contributed by atoms with Crippen molar-refractivity contribution in [1.29, 1.82) is 0 Å². The normalized spacial score (nSPS) is 9.50. The molecule has 0 spiro atoms. The molecule has 1 rings (SSSR count). The van der Waals surface area contributed by atoms with Gasteiger partial charge in [-0.1, -0.05) is 30.3 Å².